The van der Waals surface area contributed by atoms with Gasteiger partial charge in [0.25, 0.3) is 0 Å². The van der Waals surface area contributed by atoms with Crippen molar-refractivity contribution in [3.05, 3.63) is 100 Å². The van der Waals surface area contributed by atoms with Crippen LogP contribution in [-0.4, -0.2) is 37.6 Å². The number of rotatable bonds is 6. The average Bonchev–Trinajstić information content (AvgIpc) is 3.34. The second kappa shape index (κ2) is 10.5. The fourth-order valence-electron chi connectivity index (χ4n) is 5.02. The van der Waals surface area contributed by atoms with Gasteiger partial charge in [0, 0.05) is 12.5 Å². The Labute approximate surface area is 232 Å². The second-order valence-corrected chi connectivity index (χ2v) is 11.0. The summed E-state index contributed by atoms with van der Waals surface area (Å²) in [5, 5.41) is 11.7. The van der Waals surface area contributed by atoms with Crippen LogP contribution in [0.3, 0.4) is 0 Å². The third kappa shape index (κ3) is 5.13. The van der Waals surface area contributed by atoms with E-state index in [1.807, 2.05) is 64.1 Å². The lowest BCUT2D eigenvalue weighted by molar-refractivity contribution is 0.00578. The lowest BCUT2D eigenvalue weighted by Gasteiger charge is -2.32. The van der Waals surface area contributed by atoms with Gasteiger partial charge in [0.05, 0.1) is 11.2 Å². The summed E-state index contributed by atoms with van der Waals surface area (Å²) in [4.78, 5) is 12.8. The molecule has 1 saturated heterocycles. The standard InChI is InChI=1S/C31H29BF2N2O4/c1-30(2)31(3,4)40-32(39-30)20(13-19-14-27(33)25(16-35)28(34)15-19)17-36-29(37)38-18-26-23-11-7-5-9-21(23)22-10-6-8-12-24(22)26/h5-15,26H,17-18H2,1-4H3,(H,36,37). The van der Waals surface area contributed by atoms with E-state index in [4.69, 9.17) is 19.3 Å². The molecule has 0 bridgehead atoms. The minimum absolute atomic E-state index is 0.0588. The Morgan fingerprint density at radius 3 is 2.05 bits per heavy atom. The van der Waals surface area contributed by atoms with E-state index in [0.717, 1.165) is 34.4 Å². The van der Waals surface area contributed by atoms with Gasteiger partial charge >= 0.3 is 13.2 Å². The first-order valence-electron chi connectivity index (χ1n) is 13.0. The predicted molar refractivity (Wildman–Crippen MR) is 148 cm³/mol. The Balaban J connectivity index is 1.33. The number of carbonyl (C=O) groups excluding carboxylic acids is 1. The Hall–Kier alpha value is -4.00. The molecule has 5 rings (SSSR count). The molecule has 40 heavy (non-hydrogen) atoms. The number of fused-ring (bicyclic) bond motifs is 3. The zero-order chi connectivity index (χ0) is 28.7. The van der Waals surface area contributed by atoms with Crippen LogP contribution in [0.1, 0.15) is 55.9 Å². The maximum atomic E-state index is 14.3. The van der Waals surface area contributed by atoms with Crippen LogP contribution in [0.2, 0.25) is 0 Å². The summed E-state index contributed by atoms with van der Waals surface area (Å²) in [6, 6.07) is 19.7. The number of amides is 1. The van der Waals surface area contributed by atoms with E-state index in [9.17, 15) is 13.6 Å². The highest BCUT2D eigenvalue weighted by atomic mass is 19.1. The second-order valence-electron chi connectivity index (χ2n) is 11.0. The van der Waals surface area contributed by atoms with Gasteiger partial charge in [-0.05, 0) is 73.1 Å². The van der Waals surface area contributed by atoms with Crippen LogP contribution in [0.5, 0.6) is 0 Å². The highest BCUT2D eigenvalue weighted by Gasteiger charge is 2.52. The van der Waals surface area contributed by atoms with E-state index in [1.54, 1.807) is 0 Å². The minimum atomic E-state index is -0.980. The topological polar surface area (TPSA) is 80.6 Å². The van der Waals surface area contributed by atoms with Gasteiger partial charge in [0.1, 0.15) is 29.9 Å². The van der Waals surface area contributed by atoms with Crippen molar-refractivity contribution in [3.63, 3.8) is 0 Å². The Morgan fingerprint density at radius 1 is 1.00 bits per heavy atom. The molecule has 1 amide bonds. The van der Waals surface area contributed by atoms with E-state index < -0.39 is 41.6 Å². The van der Waals surface area contributed by atoms with Crippen molar-refractivity contribution in [3.8, 4) is 17.2 Å². The monoisotopic (exact) mass is 542 g/mol. The fourth-order valence-corrected chi connectivity index (χ4v) is 5.02. The van der Waals surface area contributed by atoms with Crippen molar-refractivity contribution in [2.24, 2.45) is 0 Å². The first-order chi connectivity index (χ1) is 19.0. The van der Waals surface area contributed by atoms with Gasteiger partial charge in [0.2, 0.25) is 0 Å². The largest absolute Gasteiger partial charge is 0.492 e. The van der Waals surface area contributed by atoms with Gasteiger partial charge < -0.3 is 19.4 Å². The van der Waals surface area contributed by atoms with Crippen molar-refractivity contribution >= 4 is 19.3 Å². The third-order valence-corrected chi connectivity index (χ3v) is 7.86. The van der Waals surface area contributed by atoms with Gasteiger partial charge in [-0.2, -0.15) is 5.26 Å². The van der Waals surface area contributed by atoms with Gasteiger partial charge in [-0.25, -0.2) is 13.6 Å². The predicted octanol–water partition coefficient (Wildman–Crippen LogP) is 6.39. The molecule has 1 fully saturated rings. The van der Waals surface area contributed by atoms with Crippen LogP contribution >= 0.6 is 0 Å². The number of nitrogens with zero attached hydrogens (tertiary/aromatic N) is 1. The molecule has 1 aliphatic heterocycles. The number of ether oxygens (including phenoxy) is 1. The summed E-state index contributed by atoms with van der Waals surface area (Å²) in [6.45, 7) is 7.60. The van der Waals surface area contributed by atoms with E-state index in [0.29, 0.717) is 5.47 Å². The Kier molecular flexibility index (Phi) is 7.26. The van der Waals surface area contributed by atoms with Crippen LogP contribution in [0.25, 0.3) is 17.2 Å². The fraction of sp³-hybridized carbons (Fsp3) is 0.290. The van der Waals surface area contributed by atoms with Crippen LogP contribution < -0.4 is 5.32 Å². The zero-order valence-electron chi connectivity index (χ0n) is 22.8. The summed E-state index contributed by atoms with van der Waals surface area (Å²) in [5.74, 6) is -2.06. The molecule has 1 aliphatic carbocycles. The molecular formula is C31H29BF2N2O4. The number of hydrogen-bond acceptors (Lipinski definition) is 5. The molecule has 1 heterocycles. The zero-order valence-corrected chi connectivity index (χ0v) is 22.8. The van der Waals surface area contributed by atoms with Crippen LogP contribution in [0.15, 0.2) is 66.1 Å². The molecule has 0 aromatic heterocycles. The average molecular weight is 542 g/mol. The number of nitriles is 1. The van der Waals surface area contributed by atoms with Crippen molar-refractivity contribution in [2.75, 3.05) is 13.2 Å². The van der Waals surface area contributed by atoms with Crippen LogP contribution in [0, 0.1) is 23.0 Å². The number of carbonyl (C=O) groups is 1. The van der Waals surface area contributed by atoms with Gasteiger partial charge in [-0.3, -0.25) is 0 Å². The molecule has 1 N–H and O–H groups in total. The molecule has 3 aromatic rings. The van der Waals surface area contributed by atoms with Gasteiger partial charge in [-0.15, -0.1) is 0 Å². The quantitative estimate of drug-likeness (QED) is 0.365. The summed E-state index contributed by atoms with van der Waals surface area (Å²) in [5.41, 5.74) is 3.01. The number of benzene rings is 3. The Bertz CT molecular complexity index is 1460. The van der Waals surface area contributed by atoms with Crippen molar-refractivity contribution in [1.82, 2.24) is 5.32 Å². The van der Waals surface area contributed by atoms with Crippen molar-refractivity contribution < 1.29 is 27.6 Å². The van der Waals surface area contributed by atoms with E-state index in [2.05, 4.69) is 17.4 Å². The molecule has 0 spiro atoms. The lowest BCUT2D eigenvalue weighted by atomic mass is 9.77. The summed E-state index contributed by atoms with van der Waals surface area (Å²) >= 11 is 0. The first kappa shape index (κ1) is 27.6. The SMILES string of the molecule is CC1(C)OB(C(=Cc2cc(F)c(C#N)c(F)c2)CNC(=O)OCC2c3ccccc3-c3ccccc32)OC1(C)C. The van der Waals surface area contributed by atoms with Gasteiger partial charge in [-0.1, -0.05) is 54.6 Å². The molecule has 204 valence electrons. The van der Waals surface area contributed by atoms with E-state index >= 15 is 0 Å². The van der Waals surface area contributed by atoms with E-state index in [1.165, 1.54) is 12.1 Å². The normalized spacial score (nSPS) is 17.2. The molecule has 0 saturated carbocycles. The minimum Gasteiger partial charge on any atom is -0.449 e. The highest BCUT2D eigenvalue weighted by molar-refractivity contribution is 6.56. The molecule has 6 nitrogen and oxygen atoms in total. The molecule has 2 aliphatic rings. The Morgan fingerprint density at radius 2 is 1.52 bits per heavy atom. The smallest absolute Gasteiger partial charge is 0.449 e. The summed E-state index contributed by atoms with van der Waals surface area (Å²) in [6.07, 6.45) is 0.834. The number of nitrogens with one attached hydrogen (secondary N) is 1. The third-order valence-electron chi connectivity index (χ3n) is 7.86. The summed E-state index contributed by atoms with van der Waals surface area (Å²) in [7, 11) is -0.888. The molecular weight excluding hydrogens is 513 g/mol. The van der Waals surface area contributed by atoms with E-state index in [-0.39, 0.29) is 24.6 Å². The van der Waals surface area contributed by atoms with Crippen LogP contribution in [0.4, 0.5) is 13.6 Å². The molecule has 9 heteroatoms. The van der Waals surface area contributed by atoms with Crippen LogP contribution in [-0.2, 0) is 14.0 Å². The molecule has 3 aromatic carbocycles. The summed E-state index contributed by atoms with van der Waals surface area (Å²) < 4.78 is 46.5. The lowest BCUT2D eigenvalue weighted by Crippen LogP contribution is -2.41. The number of halogens is 2. The maximum Gasteiger partial charge on any atom is 0.492 e. The maximum absolute atomic E-state index is 14.3. The first-order valence-corrected chi connectivity index (χ1v) is 13.0. The van der Waals surface area contributed by atoms with Gasteiger partial charge in [0.15, 0.2) is 0 Å². The van der Waals surface area contributed by atoms with Crippen molar-refractivity contribution in [1.29, 1.82) is 5.26 Å². The van der Waals surface area contributed by atoms with Crippen molar-refractivity contribution in [2.45, 2.75) is 44.8 Å². The molecule has 0 radical (unpaired) electrons. The number of alkyl carbamates (subject to hydrolysis) is 1. The molecule has 0 atom stereocenters. The molecule has 0 unspecified atom stereocenters. The number of hydrogen-bond donors (Lipinski definition) is 1. The highest BCUT2D eigenvalue weighted by Crippen LogP contribution is 2.44.